The topological polar surface area (TPSA) is 250 Å². The van der Waals surface area contributed by atoms with E-state index in [1.807, 2.05) is 117 Å². The number of methoxy groups -OCH3 is 1. The van der Waals surface area contributed by atoms with Gasteiger partial charge in [0, 0.05) is 115 Å². The Bertz CT molecular complexity index is 3870. The van der Waals surface area contributed by atoms with E-state index in [0.29, 0.717) is 66.7 Å². The number of nitrogens with zero attached hydrogens (tertiary/aromatic N) is 6. The first-order valence-electron chi connectivity index (χ1n) is 29.0. The van der Waals surface area contributed by atoms with Crippen molar-refractivity contribution in [1.82, 2.24) is 29.3 Å². The number of ether oxygens (including phenoxy) is 6. The van der Waals surface area contributed by atoms with E-state index < -0.39 is 24.1 Å². The first-order valence-corrected chi connectivity index (χ1v) is 33.5. The third-order valence-corrected chi connectivity index (χ3v) is 16.0. The minimum atomic E-state index is -1.15. The second-order valence-electron chi connectivity index (χ2n) is 19.3. The molecule has 6 aromatic carbocycles. The van der Waals surface area contributed by atoms with Crippen LogP contribution >= 0.6 is 98.5 Å². The third-order valence-electron chi connectivity index (χ3n) is 12.9. The Labute approximate surface area is 722 Å². The molecule has 4 unspecified atom stereocenters. The zero-order valence-electron chi connectivity index (χ0n) is 54.8. The third kappa shape index (κ3) is 32.7. The van der Waals surface area contributed by atoms with Crippen molar-refractivity contribution < 1.29 is 172 Å². The summed E-state index contributed by atoms with van der Waals surface area (Å²) in [4.78, 5) is 46.6. The van der Waals surface area contributed by atoms with Crippen molar-refractivity contribution in [3.63, 3.8) is 0 Å². The number of hydrogen-bond donors (Lipinski definition) is 2. The number of benzene rings is 6. The van der Waals surface area contributed by atoms with E-state index in [1.54, 1.807) is 103 Å². The molecule has 100 heavy (non-hydrogen) atoms. The minimum Gasteiger partial charge on any atom is -1.00 e. The average Bonchev–Trinajstić information content (AvgIpc) is 1.81. The van der Waals surface area contributed by atoms with E-state index >= 15 is 0 Å². The van der Waals surface area contributed by atoms with E-state index in [1.165, 1.54) is 0 Å². The van der Waals surface area contributed by atoms with Gasteiger partial charge in [-0.2, -0.15) is 15.3 Å². The molecule has 3 aromatic heterocycles. The number of carbonyl (C=O) groups is 4. The number of alkyl halides is 1. The fraction of sp³-hybridized carbons (Fsp3) is 0.310. The number of hydrogen-bond acceptors (Lipinski definition) is 16. The van der Waals surface area contributed by atoms with Gasteiger partial charge < -0.3 is 50.2 Å². The van der Waals surface area contributed by atoms with Crippen LogP contribution in [-0.4, -0.2) is 97.2 Å². The van der Waals surface area contributed by atoms with E-state index in [9.17, 15) is 24.6 Å². The summed E-state index contributed by atoms with van der Waals surface area (Å²) in [6, 6.07) is 42.8. The number of carboxylic acids is 1. The van der Waals surface area contributed by atoms with Crippen molar-refractivity contribution in [2.24, 2.45) is 0 Å². The van der Waals surface area contributed by atoms with Crippen molar-refractivity contribution in [2.45, 2.75) is 120 Å². The van der Waals surface area contributed by atoms with Crippen LogP contribution in [0.5, 0.6) is 17.2 Å². The fourth-order valence-corrected chi connectivity index (χ4v) is 10.6. The zero-order valence-corrected chi connectivity index (χ0v) is 68.6. The van der Waals surface area contributed by atoms with Gasteiger partial charge in [0.25, 0.3) is 6.47 Å². The number of phenolic OH excluding ortho intramolecular Hbond substituents is 1. The molecule has 9 aromatic rings. The molecule has 4 heterocycles. The second-order valence-corrected chi connectivity index (χ2v) is 24.3. The van der Waals surface area contributed by atoms with Crippen LogP contribution < -0.4 is 118 Å². The predicted molar refractivity (Wildman–Crippen MR) is 400 cm³/mol. The monoisotopic (exact) mass is 1740 g/mol. The summed E-state index contributed by atoms with van der Waals surface area (Å²) in [6.07, 6.45) is 5.86. The Morgan fingerprint density at radius 2 is 0.980 bits per heavy atom. The van der Waals surface area contributed by atoms with Gasteiger partial charge in [-0.3, -0.25) is 23.6 Å². The van der Waals surface area contributed by atoms with Crippen LogP contribution in [0.1, 0.15) is 112 Å². The molecule has 2 N–H and O–H groups in total. The molecule has 4 atom stereocenters. The molecule has 0 amide bonds. The number of carboxylic acid groups (broad SMARTS) is 1. The first kappa shape index (κ1) is 98.2. The van der Waals surface area contributed by atoms with Crippen molar-refractivity contribution in [1.29, 1.82) is 0 Å². The van der Waals surface area contributed by atoms with Gasteiger partial charge in [0.05, 0.1) is 30.3 Å². The van der Waals surface area contributed by atoms with Crippen LogP contribution in [0.4, 0.5) is 0 Å². The Morgan fingerprint density at radius 3 is 1.34 bits per heavy atom. The summed E-state index contributed by atoms with van der Waals surface area (Å²) in [6.45, 7) is 13.2. The van der Waals surface area contributed by atoms with E-state index in [4.69, 9.17) is 73.3 Å². The summed E-state index contributed by atoms with van der Waals surface area (Å²) in [5, 5.41) is 42.7. The molecule has 0 bridgehead atoms. The van der Waals surface area contributed by atoms with Crippen LogP contribution in [0, 0.1) is 0 Å². The molecule has 0 aliphatic carbocycles. The Balaban J connectivity index is -0.00000121. The Morgan fingerprint density at radius 1 is 0.600 bits per heavy atom. The van der Waals surface area contributed by atoms with E-state index in [2.05, 4.69) is 83.9 Å². The second kappa shape index (κ2) is 53.0. The van der Waals surface area contributed by atoms with Crippen molar-refractivity contribution in [2.75, 3.05) is 26.9 Å². The van der Waals surface area contributed by atoms with Crippen molar-refractivity contribution in [3.8, 4) is 51.0 Å². The summed E-state index contributed by atoms with van der Waals surface area (Å²) >= 11 is 31.6. The molecular formula is C71H85Br4Cl3K2N6O14. The van der Waals surface area contributed by atoms with Gasteiger partial charge in [0.1, 0.15) is 22.1 Å². The largest absolute Gasteiger partial charge is 1.00 e. The molecule has 1 saturated heterocycles. The van der Waals surface area contributed by atoms with Gasteiger partial charge in [-0.15, -0.1) is 0 Å². The maximum absolute atomic E-state index is 12.6. The summed E-state index contributed by atoms with van der Waals surface area (Å²) < 4.78 is 40.1. The quantitative estimate of drug-likeness (QED) is 0.0180. The SMILES string of the molecule is C.C.C.C.CCOC(=O)C(Br)c1cccc(Br)c1.CCOC(=O)C(Oc1ccc(Cl)cc1-c1ccn(CC)n1)c1cccc(Br)c1.CCn1ccc(-c2cc(Cl)ccc2O)n1.CCn1ccc(-c2cc(Cl)ccc2OC(C(=O)O)c2cccc(Br)c2)n1.COC1CCCO1.O=CO[O-].[H-].[K+].[K+]. The van der Waals surface area contributed by atoms with Crippen LogP contribution in [0.25, 0.3) is 33.8 Å². The average molecular weight is 1750 g/mol. The number of rotatable bonds is 20. The number of phenols is 1. The number of aliphatic carboxylic acids is 1. The Hall–Kier alpha value is -3.83. The minimum absolute atomic E-state index is 0. The number of halogens is 7. The first-order chi connectivity index (χ1) is 45.2. The number of carbonyl (C=O) groups excluding carboxylic acids is 3. The summed E-state index contributed by atoms with van der Waals surface area (Å²) in [5.74, 6) is -0.693. The maximum atomic E-state index is 12.6. The van der Waals surface area contributed by atoms with Gasteiger partial charge in [-0.1, -0.05) is 165 Å². The fourth-order valence-electron chi connectivity index (χ4n) is 8.44. The number of aromatic nitrogens is 6. The zero-order chi connectivity index (χ0) is 68.7. The molecule has 534 valence electrons. The molecular weight excluding hydrogens is 1660 g/mol. The normalized spacial score (nSPS) is 12.1. The molecule has 0 spiro atoms. The molecule has 10 rings (SSSR count). The maximum Gasteiger partial charge on any atom is 1.00 e. The molecule has 1 aliphatic heterocycles. The van der Waals surface area contributed by atoms with E-state index in [-0.39, 0.29) is 170 Å². The van der Waals surface area contributed by atoms with Gasteiger partial charge in [-0.05, 0) is 156 Å². The van der Waals surface area contributed by atoms with Crippen molar-refractivity contribution >= 4 is 123 Å². The molecule has 0 saturated carbocycles. The van der Waals surface area contributed by atoms with Crippen molar-refractivity contribution in [3.05, 3.63) is 209 Å². The number of aryl methyl sites for hydroxylation is 3. The summed E-state index contributed by atoms with van der Waals surface area (Å²) in [7, 11) is 1.68. The standard InChI is InChI=1S/C21H20BrClN2O3.C19H16BrClN2O3.C11H11ClN2O.C10H10Br2O2.C5H10O2.CH2O3.4CH4.2K.H/c1-3-25-11-10-18(24-25)17-13-16(23)8-9-19(17)28-20(21(26)27-4-2)14-6-5-7-15(22)12-14;1-2-23-9-8-16(22-23)15-11-14(21)6-7-17(15)26-18(19(24)25)12-4-3-5-13(20)10-12;1-2-14-6-5-10(13-14)9-7-8(12)3-4-11(9)15;1-2-14-10(13)9(12)7-4-3-5-8(11)6-7;1-6-5-3-2-4-7-5;2-1-4-3;;;;;;;/h5-13,20H,3-4H2,1-2H3;3-11,18H,2H2,1H3,(H,24,25);3-7,15H,2H2,1H3;3-6,9H,2H2,1H3;5H,2-4H2,1H3;1,3H;4*1H4;;;/q;;;;;;;;;;2*+1;-1/p-1. The van der Waals surface area contributed by atoms with Gasteiger partial charge in [-0.25, -0.2) is 9.59 Å². The van der Waals surface area contributed by atoms with Crippen LogP contribution in [0.2, 0.25) is 15.1 Å². The smallest absolute Gasteiger partial charge is 1.00 e. The van der Waals surface area contributed by atoms with Gasteiger partial charge in [0.15, 0.2) is 6.29 Å². The molecule has 1 aliphatic rings. The number of aromatic hydroxyl groups is 1. The van der Waals surface area contributed by atoms with Crippen LogP contribution in [0.15, 0.2) is 178 Å². The molecule has 29 heteroatoms. The molecule has 20 nitrogen and oxygen atoms in total. The van der Waals surface area contributed by atoms with Gasteiger partial charge in [0.2, 0.25) is 12.2 Å². The molecule has 0 radical (unpaired) electrons. The van der Waals surface area contributed by atoms with Gasteiger partial charge >= 0.3 is 121 Å². The Kier molecular flexibility index (Phi) is 52.1. The molecule has 1 fully saturated rings. The van der Waals surface area contributed by atoms with Crippen LogP contribution in [-0.2, 0) is 62.6 Å². The number of esters is 2. The van der Waals surface area contributed by atoms with Crippen LogP contribution in [0.3, 0.4) is 0 Å². The van der Waals surface area contributed by atoms with E-state index in [0.717, 1.165) is 69.5 Å². The predicted octanol–water partition coefficient (Wildman–Crippen LogP) is 13.1. The summed E-state index contributed by atoms with van der Waals surface area (Å²) in [5.41, 5.74) is 6.25.